The molecule has 0 radical (unpaired) electrons. The third kappa shape index (κ3) is 5.97. The molecule has 1 saturated carbocycles. The maximum atomic E-state index is 13.4. The molecule has 0 bridgehead atoms. The van der Waals surface area contributed by atoms with Gasteiger partial charge in [0.1, 0.15) is 0 Å². The fourth-order valence-corrected chi connectivity index (χ4v) is 3.28. The minimum atomic E-state index is -6.56. The van der Waals surface area contributed by atoms with E-state index >= 15 is 0 Å². The summed E-state index contributed by atoms with van der Waals surface area (Å²) >= 11 is 0. The van der Waals surface area contributed by atoms with E-state index < -0.39 is 70.6 Å². The Hall–Kier alpha value is -1.68. The van der Waals surface area contributed by atoms with Gasteiger partial charge >= 0.3 is 45.2 Å². The molecule has 1 aliphatic rings. The topological polar surface area (TPSA) is 127 Å². The molecule has 1 aliphatic carbocycles. The lowest BCUT2D eigenvalue weighted by atomic mass is 9.89. The number of halogens is 7. The van der Waals surface area contributed by atoms with Crippen molar-refractivity contribution >= 4 is 22.1 Å². The van der Waals surface area contributed by atoms with Crippen LogP contribution in [0.1, 0.15) is 44.9 Å². The Morgan fingerprint density at radius 2 is 1.48 bits per heavy atom. The Morgan fingerprint density at radius 3 is 1.90 bits per heavy atom. The van der Waals surface area contributed by atoms with Gasteiger partial charge in [-0.25, -0.2) is 4.79 Å². The lowest BCUT2D eigenvalue weighted by molar-refractivity contribution is -0.355. The Kier molecular flexibility index (Phi) is 8.33. The zero-order chi connectivity index (χ0) is 24.3. The lowest BCUT2D eigenvalue weighted by Crippen LogP contribution is -2.58. The van der Waals surface area contributed by atoms with E-state index in [1.54, 1.807) is 0 Å². The second-order valence-electron chi connectivity index (χ2n) is 6.82. The molecular formula is C15H19F7O8S. The Labute approximate surface area is 171 Å². The number of hydrogen-bond donors (Lipinski definition) is 2. The molecule has 0 aliphatic heterocycles. The number of esters is 1. The third-order valence-corrected chi connectivity index (χ3v) is 5.47. The van der Waals surface area contributed by atoms with Gasteiger partial charge in [0.05, 0.1) is 12.5 Å². The molecule has 0 heterocycles. The fraction of sp³-hybridized carbons (Fsp3) is 0.867. The van der Waals surface area contributed by atoms with E-state index in [1.165, 1.54) is 0 Å². The van der Waals surface area contributed by atoms with Crippen molar-refractivity contribution in [1.82, 2.24) is 0 Å². The largest absolute Gasteiger partial charge is 0.476 e. The van der Waals surface area contributed by atoms with E-state index in [9.17, 15) is 48.7 Å². The molecule has 8 nitrogen and oxygen atoms in total. The second-order valence-corrected chi connectivity index (χ2v) is 8.29. The summed E-state index contributed by atoms with van der Waals surface area (Å²) in [7, 11) is -6.56. The molecule has 1 fully saturated rings. The van der Waals surface area contributed by atoms with Crippen molar-refractivity contribution in [2.75, 3.05) is 6.61 Å². The van der Waals surface area contributed by atoms with E-state index in [-0.39, 0.29) is 12.8 Å². The minimum absolute atomic E-state index is 0.128. The summed E-state index contributed by atoms with van der Waals surface area (Å²) in [6.45, 7) is -1.58. The van der Waals surface area contributed by atoms with Crippen LogP contribution < -0.4 is 0 Å². The highest BCUT2D eigenvalue weighted by atomic mass is 32.2. The normalized spacial score (nSPS) is 19.0. The molecule has 0 amide bonds. The van der Waals surface area contributed by atoms with Crippen LogP contribution in [0.25, 0.3) is 0 Å². The van der Waals surface area contributed by atoms with Crippen LogP contribution >= 0.6 is 0 Å². The number of alkyl halides is 7. The zero-order valence-electron chi connectivity index (χ0n) is 15.6. The number of carbonyl (C=O) groups excluding carboxylic acids is 1. The first kappa shape index (κ1) is 27.4. The van der Waals surface area contributed by atoms with E-state index in [4.69, 9.17) is 9.66 Å². The van der Waals surface area contributed by atoms with Gasteiger partial charge in [-0.05, 0) is 19.3 Å². The minimum Gasteiger partial charge on any atom is -0.476 e. The van der Waals surface area contributed by atoms with Crippen LogP contribution in [0, 0.1) is 5.92 Å². The highest BCUT2D eigenvalue weighted by Crippen LogP contribution is 2.42. The molecule has 0 saturated heterocycles. The Balaban J connectivity index is 2.95. The summed E-state index contributed by atoms with van der Waals surface area (Å²) in [5, 5.41) is 3.04. The average molecular weight is 492 g/mol. The van der Waals surface area contributed by atoms with E-state index in [1.807, 2.05) is 0 Å². The standard InChI is InChI=1S/C15H19F7O8S/c16-12(17,15(21,22)31(26,27)28)7-4-8-29-13(11(24)25,14(18,19)20)30-10(23)9-5-2-1-3-6-9/h9H,1-8H2,(H,24,25)(H,26,27,28). The van der Waals surface area contributed by atoms with E-state index in [2.05, 4.69) is 9.47 Å². The third-order valence-electron chi connectivity index (χ3n) is 4.53. The van der Waals surface area contributed by atoms with Crippen LogP contribution in [-0.2, 0) is 29.2 Å². The van der Waals surface area contributed by atoms with Crippen LogP contribution in [0.15, 0.2) is 0 Å². The molecule has 1 unspecified atom stereocenters. The van der Waals surface area contributed by atoms with Gasteiger partial charge in [-0.2, -0.15) is 39.2 Å². The first-order valence-electron chi connectivity index (χ1n) is 8.78. The molecule has 182 valence electrons. The summed E-state index contributed by atoms with van der Waals surface area (Å²) in [5.41, 5.74) is 0. The van der Waals surface area contributed by atoms with Gasteiger partial charge in [-0.1, -0.05) is 19.3 Å². The lowest BCUT2D eigenvalue weighted by Gasteiger charge is -2.33. The van der Waals surface area contributed by atoms with Crippen LogP contribution in [0.4, 0.5) is 30.7 Å². The van der Waals surface area contributed by atoms with Crippen LogP contribution in [0.2, 0.25) is 0 Å². The zero-order valence-corrected chi connectivity index (χ0v) is 16.4. The van der Waals surface area contributed by atoms with Crippen molar-refractivity contribution in [2.45, 2.75) is 68.1 Å². The van der Waals surface area contributed by atoms with Gasteiger partial charge in [0.25, 0.3) is 0 Å². The molecule has 31 heavy (non-hydrogen) atoms. The van der Waals surface area contributed by atoms with Gasteiger partial charge in [-0.3, -0.25) is 9.35 Å². The number of rotatable bonds is 10. The van der Waals surface area contributed by atoms with Crippen molar-refractivity contribution in [1.29, 1.82) is 0 Å². The number of ether oxygens (including phenoxy) is 2. The number of aliphatic carboxylic acids is 1. The van der Waals surface area contributed by atoms with Crippen molar-refractivity contribution in [3.8, 4) is 0 Å². The highest BCUT2D eigenvalue weighted by molar-refractivity contribution is 7.87. The van der Waals surface area contributed by atoms with Crippen molar-refractivity contribution < 1.29 is 67.9 Å². The van der Waals surface area contributed by atoms with Crippen molar-refractivity contribution in [3.05, 3.63) is 0 Å². The van der Waals surface area contributed by atoms with Crippen molar-refractivity contribution in [2.24, 2.45) is 5.92 Å². The molecule has 0 aromatic carbocycles. The van der Waals surface area contributed by atoms with Gasteiger partial charge in [0.15, 0.2) is 0 Å². The monoisotopic (exact) mass is 492 g/mol. The molecule has 2 N–H and O–H groups in total. The Morgan fingerprint density at radius 1 is 0.968 bits per heavy atom. The summed E-state index contributed by atoms with van der Waals surface area (Å²) in [5.74, 6) is -15.4. The maximum absolute atomic E-state index is 13.4. The first-order valence-corrected chi connectivity index (χ1v) is 10.2. The SMILES string of the molecule is O=C(OC(OCCCC(F)(F)C(F)(F)S(=O)(=O)O)(C(=O)O)C(F)(F)F)C1CCCCC1. The molecule has 0 aromatic rings. The van der Waals surface area contributed by atoms with E-state index in [0.717, 1.165) is 0 Å². The van der Waals surface area contributed by atoms with Gasteiger partial charge in [-0.15, -0.1) is 0 Å². The summed E-state index contributed by atoms with van der Waals surface area (Å²) in [6, 6.07) is 0. The molecule has 16 heteroatoms. The summed E-state index contributed by atoms with van der Waals surface area (Å²) < 4.78 is 130. The van der Waals surface area contributed by atoms with Crippen LogP contribution in [0.5, 0.6) is 0 Å². The van der Waals surface area contributed by atoms with Gasteiger partial charge < -0.3 is 14.6 Å². The average Bonchev–Trinajstić information content (AvgIpc) is 2.62. The maximum Gasteiger partial charge on any atom is 0.468 e. The first-order chi connectivity index (χ1) is 13.9. The number of hydrogen-bond acceptors (Lipinski definition) is 6. The molecule has 0 aromatic heterocycles. The van der Waals surface area contributed by atoms with Crippen LogP contribution in [-0.4, -0.2) is 59.8 Å². The van der Waals surface area contributed by atoms with Gasteiger partial charge in [0.2, 0.25) is 0 Å². The molecular weight excluding hydrogens is 473 g/mol. The summed E-state index contributed by atoms with van der Waals surface area (Å²) in [6.07, 6.45) is -7.48. The molecule has 1 atom stereocenters. The second kappa shape index (κ2) is 9.44. The van der Waals surface area contributed by atoms with E-state index in [0.29, 0.717) is 19.3 Å². The van der Waals surface area contributed by atoms with Crippen molar-refractivity contribution in [3.63, 3.8) is 0 Å². The highest BCUT2D eigenvalue weighted by Gasteiger charge is 2.68. The predicted octanol–water partition coefficient (Wildman–Crippen LogP) is 3.37. The predicted molar refractivity (Wildman–Crippen MR) is 85.7 cm³/mol. The number of carboxylic acids is 1. The molecule has 0 spiro atoms. The van der Waals surface area contributed by atoms with Crippen LogP contribution in [0.3, 0.4) is 0 Å². The fourth-order valence-electron chi connectivity index (χ4n) is 2.80. The molecule has 1 rings (SSSR count). The smallest absolute Gasteiger partial charge is 0.468 e. The number of carbonyl (C=O) groups is 2. The Bertz CT molecular complexity index is 762. The van der Waals surface area contributed by atoms with Gasteiger partial charge in [0, 0.05) is 6.42 Å². The number of carboxylic acid groups (broad SMARTS) is 1. The summed E-state index contributed by atoms with van der Waals surface area (Å²) in [4.78, 5) is 23.3. The quantitative estimate of drug-likeness (QED) is 0.156.